The Morgan fingerprint density at radius 3 is 2.74 bits per heavy atom. The third-order valence-electron chi connectivity index (χ3n) is 4.36. The molecule has 23 heavy (non-hydrogen) atoms. The quantitative estimate of drug-likeness (QED) is 0.752. The van der Waals surface area contributed by atoms with Crippen molar-refractivity contribution in [3.8, 4) is 18.1 Å². The van der Waals surface area contributed by atoms with Gasteiger partial charge in [0.25, 0.3) is 0 Å². The molecule has 1 aromatic heterocycles. The maximum absolute atomic E-state index is 6.21. The fourth-order valence-corrected chi connectivity index (χ4v) is 2.58. The second kappa shape index (κ2) is 5.55. The topological polar surface area (TPSA) is 34.5 Å². The maximum Gasteiger partial charge on any atom is 0.129 e. The Morgan fingerprint density at radius 1 is 1.26 bits per heavy atom. The second-order valence-electron chi connectivity index (χ2n) is 6.36. The molecule has 1 aromatic carbocycles. The summed E-state index contributed by atoms with van der Waals surface area (Å²) in [7, 11) is 0. The Labute approximate surface area is 137 Å². The Balaban J connectivity index is 2.23. The minimum atomic E-state index is -0.384. The van der Waals surface area contributed by atoms with Crippen LogP contribution in [0, 0.1) is 19.3 Å². The van der Waals surface area contributed by atoms with Gasteiger partial charge < -0.3 is 4.74 Å². The summed E-state index contributed by atoms with van der Waals surface area (Å²) in [5.74, 6) is 3.53. The van der Waals surface area contributed by atoms with E-state index in [4.69, 9.17) is 16.2 Å². The molecule has 0 fully saturated rings. The van der Waals surface area contributed by atoms with Crippen LogP contribution in [0.4, 0.5) is 0 Å². The van der Waals surface area contributed by atoms with Gasteiger partial charge in [-0.3, -0.25) is 9.98 Å². The SMILES string of the molecule is C#Cc1cc(C2=N[C@@H](C)C(C)(C)Oc3ccccc32)cnc1C. The summed E-state index contributed by atoms with van der Waals surface area (Å²) < 4.78 is 6.21. The van der Waals surface area contributed by atoms with Gasteiger partial charge in [0.2, 0.25) is 0 Å². The molecule has 0 saturated heterocycles. The fraction of sp³-hybridized carbons (Fsp3) is 0.300. The molecule has 116 valence electrons. The van der Waals surface area contributed by atoms with E-state index in [1.54, 1.807) is 0 Å². The molecule has 0 amide bonds. The van der Waals surface area contributed by atoms with E-state index in [0.717, 1.165) is 33.8 Å². The monoisotopic (exact) mass is 304 g/mol. The van der Waals surface area contributed by atoms with Crippen LogP contribution < -0.4 is 4.74 Å². The van der Waals surface area contributed by atoms with Gasteiger partial charge in [-0.25, -0.2) is 0 Å². The molecule has 2 aromatic rings. The number of pyridine rings is 1. The highest BCUT2D eigenvalue weighted by Gasteiger charge is 2.32. The van der Waals surface area contributed by atoms with Crippen LogP contribution in [0.25, 0.3) is 0 Å². The summed E-state index contributed by atoms with van der Waals surface area (Å²) in [5, 5.41) is 0. The number of terminal acetylenes is 1. The van der Waals surface area contributed by atoms with E-state index < -0.39 is 0 Å². The zero-order chi connectivity index (χ0) is 16.6. The van der Waals surface area contributed by atoms with Crippen LogP contribution in [0.5, 0.6) is 5.75 Å². The molecule has 0 unspecified atom stereocenters. The number of rotatable bonds is 1. The number of nitrogens with zero attached hydrogens (tertiary/aromatic N) is 2. The van der Waals surface area contributed by atoms with E-state index in [0.29, 0.717) is 0 Å². The van der Waals surface area contributed by atoms with Crippen molar-refractivity contribution in [3.63, 3.8) is 0 Å². The summed E-state index contributed by atoms with van der Waals surface area (Å²) in [6, 6.07) is 9.95. The first-order valence-corrected chi connectivity index (χ1v) is 7.72. The van der Waals surface area contributed by atoms with Crippen molar-refractivity contribution in [2.24, 2.45) is 4.99 Å². The number of para-hydroxylation sites is 1. The van der Waals surface area contributed by atoms with Gasteiger partial charge in [0.15, 0.2) is 0 Å². The minimum absolute atomic E-state index is 0.000453. The average molecular weight is 304 g/mol. The lowest BCUT2D eigenvalue weighted by atomic mass is 9.99. The van der Waals surface area contributed by atoms with Gasteiger partial charge >= 0.3 is 0 Å². The molecule has 1 aliphatic heterocycles. The molecule has 3 heteroatoms. The molecule has 0 saturated carbocycles. The molecule has 1 atom stereocenters. The third-order valence-corrected chi connectivity index (χ3v) is 4.36. The largest absolute Gasteiger partial charge is 0.485 e. The number of hydrogen-bond acceptors (Lipinski definition) is 3. The van der Waals surface area contributed by atoms with Crippen LogP contribution in [0.15, 0.2) is 41.5 Å². The lowest BCUT2D eigenvalue weighted by Gasteiger charge is -2.28. The highest BCUT2D eigenvalue weighted by Crippen LogP contribution is 2.32. The first kappa shape index (κ1) is 15.3. The van der Waals surface area contributed by atoms with Crippen LogP contribution in [0.1, 0.15) is 43.2 Å². The lowest BCUT2D eigenvalue weighted by Crippen LogP contribution is -2.38. The molecule has 0 N–H and O–H groups in total. The minimum Gasteiger partial charge on any atom is -0.485 e. The van der Waals surface area contributed by atoms with Gasteiger partial charge in [-0.1, -0.05) is 18.1 Å². The van der Waals surface area contributed by atoms with Crippen LogP contribution >= 0.6 is 0 Å². The van der Waals surface area contributed by atoms with E-state index in [1.165, 1.54) is 0 Å². The van der Waals surface area contributed by atoms with Crippen molar-refractivity contribution < 1.29 is 4.74 Å². The number of aromatic nitrogens is 1. The summed E-state index contributed by atoms with van der Waals surface area (Å²) in [6.45, 7) is 8.09. The molecule has 0 bridgehead atoms. The van der Waals surface area contributed by atoms with Crippen molar-refractivity contribution >= 4 is 5.71 Å². The highest BCUT2D eigenvalue weighted by atomic mass is 16.5. The fourth-order valence-electron chi connectivity index (χ4n) is 2.58. The predicted molar refractivity (Wildman–Crippen MR) is 93.2 cm³/mol. The number of aryl methyl sites for hydroxylation is 1. The number of hydrogen-bond donors (Lipinski definition) is 0. The number of fused-ring (bicyclic) bond motifs is 1. The molecule has 1 aliphatic rings. The highest BCUT2D eigenvalue weighted by molar-refractivity contribution is 6.14. The van der Waals surface area contributed by atoms with Crippen LogP contribution in [-0.2, 0) is 0 Å². The molecular formula is C20H20N2O. The van der Waals surface area contributed by atoms with E-state index >= 15 is 0 Å². The molecule has 0 spiro atoms. The van der Waals surface area contributed by atoms with Crippen molar-refractivity contribution in [1.29, 1.82) is 0 Å². The van der Waals surface area contributed by atoms with Gasteiger partial charge in [0, 0.05) is 22.9 Å². The Kier molecular flexibility index (Phi) is 3.69. The summed E-state index contributed by atoms with van der Waals surface area (Å²) >= 11 is 0. The Morgan fingerprint density at radius 2 is 2.00 bits per heavy atom. The Bertz CT molecular complexity index is 828. The van der Waals surface area contributed by atoms with Crippen molar-refractivity contribution in [3.05, 3.63) is 58.9 Å². The number of ether oxygens (including phenoxy) is 1. The molecule has 0 radical (unpaired) electrons. The van der Waals surface area contributed by atoms with Crippen LogP contribution in [-0.4, -0.2) is 22.3 Å². The van der Waals surface area contributed by atoms with Crippen LogP contribution in [0.2, 0.25) is 0 Å². The average Bonchev–Trinajstić information content (AvgIpc) is 2.62. The first-order chi connectivity index (χ1) is 10.9. The van der Waals surface area contributed by atoms with Gasteiger partial charge in [-0.05, 0) is 45.9 Å². The first-order valence-electron chi connectivity index (χ1n) is 7.72. The summed E-state index contributed by atoms with van der Waals surface area (Å²) in [4.78, 5) is 9.35. The summed E-state index contributed by atoms with van der Waals surface area (Å²) in [5.41, 5.74) is 4.03. The van der Waals surface area contributed by atoms with Gasteiger partial charge in [-0.15, -0.1) is 6.42 Å². The number of aliphatic imine (C=N–C) groups is 1. The van der Waals surface area contributed by atoms with Gasteiger partial charge in [-0.2, -0.15) is 0 Å². The second-order valence-corrected chi connectivity index (χ2v) is 6.36. The standard InChI is InChI=1S/C20H20N2O/c1-6-15-11-16(12-21-13(15)2)19-17-9-7-8-10-18(17)23-20(4,5)14(3)22-19/h1,7-12,14H,2-5H3/t14-/m0/s1. The molecule has 3 nitrogen and oxygen atoms in total. The van der Waals surface area contributed by atoms with Crippen molar-refractivity contribution in [1.82, 2.24) is 4.98 Å². The molecular weight excluding hydrogens is 284 g/mol. The Hall–Kier alpha value is -2.60. The van der Waals surface area contributed by atoms with E-state index in [9.17, 15) is 0 Å². The zero-order valence-corrected chi connectivity index (χ0v) is 13.9. The van der Waals surface area contributed by atoms with Gasteiger partial charge in [0.05, 0.1) is 17.4 Å². The summed E-state index contributed by atoms with van der Waals surface area (Å²) in [6.07, 6.45) is 7.42. The van der Waals surface area contributed by atoms with E-state index in [2.05, 4.69) is 31.7 Å². The predicted octanol–water partition coefficient (Wildman–Crippen LogP) is 3.77. The zero-order valence-electron chi connectivity index (χ0n) is 13.9. The maximum atomic E-state index is 6.21. The molecule has 2 heterocycles. The third kappa shape index (κ3) is 2.73. The normalized spacial score (nSPS) is 18.9. The van der Waals surface area contributed by atoms with Crippen molar-refractivity contribution in [2.45, 2.75) is 39.3 Å². The molecule has 0 aliphatic carbocycles. The smallest absolute Gasteiger partial charge is 0.129 e. The lowest BCUT2D eigenvalue weighted by molar-refractivity contribution is 0.0891. The molecule has 3 rings (SSSR count). The van der Waals surface area contributed by atoms with Crippen LogP contribution in [0.3, 0.4) is 0 Å². The van der Waals surface area contributed by atoms with Crippen molar-refractivity contribution in [2.75, 3.05) is 0 Å². The van der Waals surface area contributed by atoms with E-state index in [1.807, 2.05) is 43.5 Å². The van der Waals surface area contributed by atoms with E-state index in [-0.39, 0.29) is 11.6 Å². The van der Waals surface area contributed by atoms with Gasteiger partial charge in [0.1, 0.15) is 11.4 Å². The number of benzene rings is 1.